The number of rotatable bonds is 5. The van der Waals surface area contributed by atoms with Gasteiger partial charge in [0.05, 0.1) is 13.2 Å². The molecule has 0 aromatic heterocycles. The van der Waals surface area contributed by atoms with Crippen molar-refractivity contribution in [1.82, 2.24) is 8.61 Å². The van der Waals surface area contributed by atoms with Gasteiger partial charge in [0.1, 0.15) is 5.54 Å². The number of carbonyl (C=O) groups is 1. The van der Waals surface area contributed by atoms with Crippen LogP contribution in [-0.4, -0.2) is 66.5 Å². The molecule has 1 unspecified atom stereocenters. The second-order valence-electron chi connectivity index (χ2n) is 5.28. The summed E-state index contributed by atoms with van der Waals surface area (Å²) in [6, 6.07) is 0. The molecule has 0 aromatic rings. The molecule has 2 fully saturated rings. The van der Waals surface area contributed by atoms with Gasteiger partial charge in [0, 0.05) is 19.6 Å². The molecule has 0 aromatic carbocycles. The monoisotopic (exact) mass is 306 g/mol. The van der Waals surface area contributed by atoms with Crippen LogP contribution in [0.1, 0.15) is 32.6 Å². The zero-order valence-corrected chi connectivity index (χ0v) is 12.6. The molecule has 116 valence electrons. The maximum atomic E-state index is 12.7. The molecule has 0 bridgehead atoms. The Bertz CT molecular complexity index is 460. The van der Waals surface area contributed by atoms with Crippen LogP contribution in [0.4, 0.5) is 0 Å². The van der Waals surface area contributed by atoms with Crippen molar-refractivity contribution in [2.24, 2.45) is 0 Å². The summed E-state index contributed by atoms with van der Waals surface area (Å²) in [5.41, 5.74) is -1.27. The number of hydrogen-bond acceptors (Lipinski definition) is 4. The quantitative estimate of drug-likeness (QED) is 0.788. The molecule has 0 radical (unpaired) electrons. The Kier molecular flexibility index (Phi) is 4.68. The summed E-state index contributed by atoms with van der Waals surface area (Å²) in [6.45, 7) is 3.47. The van der Waals surface area contributed by atoms with Gasteiger partial charge in [-0.2, -0.15) is 17.0 Å². The van der Waals surface area contributed by atoms with Gasteiger partial charge in [-0.3, -0.25) is 4.79 Å². The van der Waals surface area contributed by atoms with Gasteiger partial charge >= 0.3 is 5.97 Å². The maximum Gasteiger partial charge on any atom is 0.325 e. The molecule has 1 N–H and O–H groups in total. The van der Waals surface area contributed by atoms with E-state index < -0.39 is 21.7 Å². The van der Waals surface area contributed by atoms with Gasteiger partial charge < -0.3 is 9.84 Å². The van der Waals surface area contributed by atoms with Gasteiger partial charge in [-0.1, -0.05) is 13.3 Å². The lowest BCUT2D eigenvalue weighted by Crippen LogP contribution is -2.58. The average Bonchev–Trinajstić information content (AvgIpc) is 2.86. The lowest BCUT2D eigenvalue weighted by atomic mass is 9.92. The Morgan fingerprint density at radius 1 is 1.30 bits per heavy atom. The highest BCUT2D eigenvalue weighted by atomic mass is 32.2. The number of carboxylic acid groups (broad SMARTS) is 1. The summed E-state index contributed by atoms with van der Waals surface area (Å²) in [6.07, 6.45) is 1.98. The number of hydrogen-bond donors (Lipinski definition) is 1. The first-order chi connectivity index (χ1) is 9.45. The molecule has 0 aliphatic carbocycles. The van der Waals surface area contributed by atoms with E-state index in [0.29, 0.717) is 52.0 Å². The summed E-state index contributed by atoms with van der Waals surface area (Å²) in [5.74, 6) is -1.03. The number of morpholine rings is 1. The van der Waals surface area contributed by atoms with E-state index in [1.165, 1.54) is 8.61 Å². The molecule has 0 spiro atoms. The molecule has 0 saturated carbocycles. The van der Waals surface area contributed by atoms with Crippen LogP contribution in [0.3, 0.4) is 0 Å². The van der Waals surface area contributed by atoms with E-state index in [0.717, 1.165) is 0 Å². The number of nitrogens with zero attached hydrogens (tertiary/aromatic N) is 2. The van der Waals surface area contributed by atoms with E-state index in [9.17, 15) is 18.3 Å². The first-order valence-electron chi connectivity index (χ1n) is 7.04. The minimum absolute atomic E-state index is 0.284. The highest BCUT2D eigenvalue weighted by molar-refractivity contribution is 7.86. The van der Waals surface area contributed by atoms with Crippen LogP contribution < -0.4 is 0 Å². The molecule has 7 nitrogen and oxygen atoms in total. The van der Waals surface area contributed by atoms with Crippen LogP contribution in [-0.2, 0) is 19.7 Å². The Hall–Kier alpha value is -0.700. The minimum atomic E-state index is -3.73. The molecular formula is C12H22N2O5S. The third-order valence-electron chi connectivity index (χ3n) is 4.07. The van der Waals surface area contributed by atoms with Crippen LogP contribution in [0.25, 0.3) is 0 Å². The Labute approximate surface area is 119 Å². The van der Waals surface area contributed by atoms with Gasteiger partial charge in [-0.25, -0.2) is 0 Å². The second-order valence-corrected chi connectivity index (χ2v) is 7.13. The standard InChI is InChI=1S/C12H22N2O5S/c1-2-4-12(11(15)16)5-3-6-14(12)20(17,18)13-7-9-19-10-8-13/h2-10H2,1H3,(H,15,16). The summed E-state index contributed by atoms with van der Waals surface area (Å²) in [7, 11) is -3.73. The Morgan fingerprint density at radius 3 is 2.50 bits per heavy atom. The zero-order valence-electron chi connectivity index (χ0n) is 11.7. The Balaban J connectivity index is 2.30. The zero-order chi connectivity index (χ0) is 14.8. The molecule has 2 heterocycles. The predicted molar refractivity (Wildman–Crippen MR) is 72.5 cm³/mol. The van der Waals surface area contributed by atoms with Crippen molar-refractivity contribution in [3.63, 3.8) is 0 Å². The first kappa shape index (κ1) is 15.7. The summed E-state index contributed by atoms with van der Waals surface area (Å²) in [5, 5.41) is 9.58. The summed E-state index contributed by atoms with van der Waals surface area (Å²) < 4.78 is 33.1. The van der Waals surface area contributed by atoms with E-state index in [4.69, 9.17) is 4.74 Å². The van der Waals surface area contributed by atoms with Crippen molar-refractivity contribution in [1.29, 1.82) is 0 Å². The van der Waals surface area contributed by atoms with Crippen molar-refractivity contribution >= 4 is 16.2 Å². The molecule has 2 saturated heterocycles. The van der Waals surface area contributed by atoms with E-state index in [-0.39, 0.29) is 6.54 Å². The van der Waals surface area contributed by atoms with Crippen LogP contribution in [0, 0.1) is 0 Å². The van der Waals surface area contributed by atoms with E-state index >= 15 is 0 Å². The van der Waals surface area contributed by atoms with Gasteiger partial charge in [0.2, 0.25) is 0 Å². The molecule has 2 rings (SSSR count). The predicted octanol–water partition coefficient (Wildman–Crippen LogP) is 0.283. The molecule has 2 aliphatic rings. The van der Waals surface area contributed by atoms with Crippen LogP contribution >= 0.6 is 0 Å². The van der Waals surface area contributed by atoms with Crippen molar-refractivity contribution in [3.8, 4) is 0 Å². The van der Waals surface area contributed by atoms with Crippen molar-refractivity contribution in [2.75, 3.05) is 32.8 Å². The smallest absolute Gasteiger partial charge is 0.325 e. The van der Waals surface area contributed by atoms with Crippen molar-refractivity contribution < 1.29 is 23.1 Å². The highest BCUT2D eigenvalue weighted by Crippen LogP contribution is 2.37. The maximum absolute atomic E-state index is 12.7. The first-order valence-corrected chi connectivity index (χ1v) is 8.44. The number of carboxylic acids is 1. The normalized spacial score (nSPS) is 29.6. The van der Waals surface area contributed by atoms with Crippen LogP contribution in [0.5, 0.6) is 0 Å². The van der Waals surface area contributed by atoms with Crippen molar-refractivity contribution in [2.45, 2.75) is 38.1 Å². The largest absolute Gasteiger partial charge is 0.480 e. The third-order valence-corrected chi connectivity index (χ3v) is 6.17. The molecule has 2 aliphatic heterocycles. The molecule has 20 heavy (non-hydrogen) atoms. The topological polar surface area (TPSA) is 87.2 Å². The highest BCUT2D eigenvalue weighted by Gasteiger charge is 2.53. The van der Waals surface area contributed by atoms with Gasteiger partial charge in [-0.15, -0.1) is 0 Å². The van der Waals surface area contributed by atoms with E-state index in [1.807, 2.05) is 6.92 Å². The van der Waals surface area contributed by atoms with Crippen LogP contribution in [0.15, 0.2) is 0 Å². The van der Waals surface area contributed by atoms with Crippen molar-refractivity contribution in [3.05, 3.63) is 0 Å². The third kappa shape index (κ3) is 2.57. The second kappa shape index (κ2) is 5.97. The Morgan fingerprint density at radius 2 is 1.95 bits per heavy atom. The van der Waals surface area contributed by atoms with Crippen LogP contribution in [0.2, 0.25) is 0 Å². The van der Waals surface area contributed by atoms with Gasteiger partial charge in [0.15, 0.2) is 0 Å². The summed E-state index contributed by atoms with van der Waals surface area (Å²) >= 11 is 0. The fourth-order valence-corrected chi connectivity index (χ4v) is 5.04. The molecule has 0 amide bonds. The average molecular weight is 306 g/mol. The van der Waals surface area contributed by atoms with Gasteiger partial charge in [0.25, 0.3) is 10.2 Å². The molecular weight excluding hydrogens is 284 g/mol. The number of ether oxygens (including phenoxy) is 1. The molecule has 8 heteroatoms. The lowest BCUT2D eigenvalue weighted by Gasteiger charge is -2.38. The molecule has 1 atom stereocenters. The fraction of sp³-hybridized carbons (Fsp3) is 0.917. The fourth-order valence-electron chi connectivity index (χ4n) is 3.09. The SMILES string of the molecule is CCCC1(C(=O)O)CCCN1S(=O)(=O)N1CCOCC1. The summed E-state index contributed by atoms with van der Waals surface area (Å²) in [4.78, 5) is 11.7. The minimum Gasteiger partial charge on any atom is -0.480 e. The lowest BCUT2D eigenvalue weighted by molar-refractivity contribution is -0.147. The van der Waals surface area contributed by atoms with E-state index in [1.54, 1.807) is 0 Å². The number of aliphatic carboxylic acids is 1. The van der Waals surface area contributed by atoms with Gasteiger partial charge in [-0.05, 0) is 19.3 Å². The van der Waals surface area contributed by atoms with E-state index in [2.05, 4.69) is 0 Å².